The Morgan fingerprint density at radius 1 is 1.06 bits per heavy atom. The number of nitrogens with two attached hydrogens (primary N) is 1. The van der Waals surface area contributed by atoms with Crippen molar-refractivity contribution >= 4 is 29.0 Å². The van der Waals surface area contributed by atoms with Gasteiger partial charge in [-0.2, -0.15) is 0 Å². The maximum Gasteiger partial charge on any atom is 0.240 e. The fourth-order valence-corrected chi connectivity index (χ4v) is 4.47. The molecule has 3 aromatic carbocycles. The highest BCUT2D eigenvalue weighted by molar-refractivity contribution is 6.30. The number of anilines is 2. The first-order chi connectivity index (χ1) is 17.4. The van der Waals surface area contributed by atoms with Gasteiger partial charge in [0.2, 0.25) is 5.91 Å². The van der Waals surface area contributed by atoms with Gasteiger partial charge < -0.3 is 20.5 Å². The molecule has 0 unspecified atom stereocenters. The summed E-state index contributed by atoms with van der Waals surface area (Å²) in [6.45, 7) is 1.18. The molecule has 0 aliphatic carbocycles. The van der Waals surface area contributed by atoms with Crippen LogP contribution >= 0.6 is 11.6 Å². The van der Waals surface area contributed by atoms with Gasteiger partial charge in [0.15, 0.2) is 0 Å². The van der Waals surface area contributed by atoms with Gasteiger partial charge in [-0.05, 0) is 54.4 Å². The minimum absolute atomic E-state index is 0.0237. The van der Waals surface area contributed by atoms with E-state index in [2.05, 4.69) is 5.32 Å². The molecule has 4 aromatic rings. The summed E-state index contributed by atoms with van der Waals surface area (Å²) in [5.41, 5.74) is 9.01. The summed E-state index contributed by atoms with van der Waals surface area (Å²) in [5, 5.41) is 3.26. The van der Waals surface area contributed by atoms with Gasteiger partial charge in [-0.15, -0.1) is 0 Å². The van der Waals surface area contributed by atoms with Gasteiger partial charge in [-0.25, -0.2) is 13.8 Å². The summed E-state index contributed by atoms with van der Waals surface area (Å²) < 4.78 is 29.6. The standard InChI is InChI=1S/C27H24ClF2N5O/c28-21-11-10-20(15-22(21)30)32-26-25(18-6-8-19(29)9-7-18)33-24-16-34(12-13-35(24)26)27(36)23(31)14-17-4-2-1-3-5-17/h1-11,15,23,32H,12-14,16,31H2/t23-/m0/s1. The summed E-state index contributed by atoms with van der Waals surface area (Å²) in [6.07, 6.45) is 0.445. The highest BCUT2D eigenvalue weighted by Gasteiger charge is 2.29. The Labute approximate surface area is 212 Å². The molecule has 1 amide bonds. The van der Waals surface area contributed by atoms with Crippen LogP contribution in [0, 0.1) is 11.6 Å². The minimum atomic E-state index is -0.667. The predicted molar refractivity (Wildman–Crippen MR) is 136 cm³/mol. The second kappa shape index (κ2) is 10.1. The first-order valence-electron chi connectivity index (χ1n) is 11.5. The average Bonchev–Trinajstić information content (AvgIpc) is 3.24. The quantitative estimate of drug-likeness (QED) is 0.379. The molecule has 5 rings (SSSR count). The van der Waals surface area contributed by atoms with E-state index in [1.54, 1.807) is 23.1 Å². The van der Waals surface area contributed by atoms with E-state index < -0.39 is 11.9 Å². The van der Waals surface area contributed by atoms with Crippen molar-refractivity contribution in [1.82, 2.24) is 14.5 Å². The summed E-state index contributed by atoms with van der Waals surface area (Å²) in [5.74, 6) is 0.219. The molecule has 9 heteroatoms. The zero-order valence-corrected chi connectivity index (χ0v) is 20.1. The first kappa shape index (κ1) is 24.0. The summed E-state index contributed by atoms with van der Waals surface area (Å²) in [4.78, 5) is 19.6. The number of fused-ring (bicyclic) bond motifs is 1. The topological polar surface area (TPSA) is 76.2 Å². The van der Waals surface area contributed by atoms with Crippen molar-refractivity contribution in [2.45, 2.75) is 25.6 Å². The number of aromatic nitrogens is 2. The van der Waals surface area contributed by atoms with Gasteiger partial charge in [-0.1, -0.05) is 41.9 Å². The third-order valence-electron chi connectivity index (χ3n) is 6.20. The number of nitrogens with one attached hydrogen (secondary N) is 1. The third-order valence-corrected chi connectivity index (χ3v) is 6.51. The molecule has 36 heavy (non-hydrogen) atoms. The Kier molecular flexibility index (Phi) is 6.71. The van der Waals surface area contributed by atoms with Crippen molar-refractivity contribution in [3.8, 4) is 11.3 Å². The van der Waals surface area contributed by atoms with Crippen molar-refractivity contribution in [2.24, 2.45) is 5.73 Å². The van der Waals surface area contributed by atoms with Crippen LogP contribution in [0.4, 0.5) is 20.3 Å². The zero-order chi connectivity index (χ0) is 25.2. The minimum Gasteiger partial charge on any atom is -0.340 e. The number of hydrogen-bond donors (Lipinski definition) is 2. The second-order valence-corrected chi connectivity index (χ2v) is 9.10. The average molecular weight is 508 g/mol. The normalized spacial score (nSPS) is 13.8. The zero-order valence-electron chi connectivity index (χ0n) is 19.3. The summed E-state index contributed by atoms with van der Waals surface area (Å²) in [7, 11) is 0. The Bertz CT molecular complexity index is 1390. The second-order valence-electron chi connectivity index (χ2n) is 8.69. The van der Waals surface area contributed by atoms with E-state index in [9.17, 15) is 13.6 Å². The van der Waals surface area contributed by atoms with Crippen LogP contribution in [-0.2, 0) is 24.3 Å². The molecule has 0 fully saturated rings. The molecule has 184 valence electrons. The van der Waals surface area contributed by atoms with Crippen molar-refractivity contribution in [3.05, 3.63) is 101 Å². The van der Waals surface area contributed by atoms with Crippen LogP contribution in [0.5, 0.6) is 0 Å². The Balaban J connectivity index is 1.44. The SMILES string of the molecule is N[C@@H](Cc1ccccc1)C(=O)N1CCn2c(nc(-c3ccc(F)cc3)c2Nc2ccc(Cl)c(F)c2)C1. The van der Waals surface area contributed by atoms with Gasteiger partial charge in [0.1, 0.15) is 29.0 Å². The van der Waals surface area contributed by atoms with Crippen LogP contribution in [-0.4, -0.2) is 32.9 Å². The number of hydrogen-bond acceptors (Lipinski definition) is 4. The largest absolute Gasteiger partial charge is 0.340 e. The molecule has 0 saturated carbocycles. The number of nitrogens with zero attached hydrogens (tertiary/aromatic N) is 3. The molecule has 1 aliphatic heterocycles. The number of carbonyl (C=O) groups is 1. The highest BCUT2D eigenvalue weighted by Crippen LogP contribution is 2.34. The number of imidazole rings is 1. The van der Waals surface area contributed by atoms with Crippen molar-refractivity contribution in [2.75, 3.05) is 11.9 Å². The maximum absolute atomic E-state index is 14.1. The molecule has 1 atom stereocenters. The van der Waals surface area contributed by atoms with E-state index in [0.717, 1.165) is 5.56 Å². The number of halogens is 3. The number of rotatable bonds is 6. The molecule has 3 N–H and O–H groups in total. The van der Waals surface area contributed by atoms with Gasteiger partial charge in [0.25, 0.3) is 0 Å². The molecule has 2 heterocycles. The van der Waals surface area contributed by atoms with E-state index in [-0.39, 0.29) is 23.3 Å². The lowest BCUT2D eigenvalue weighted by Gasteiger charge is -2.30. The predicted octanol–water partition coefficient (Wildman–Crippen LogP) is 5.14. The van der Waals surface area contributed by atoms with Gasteiger partial charge in [0, 0.05) is 24.3 Å². The van der Waals surface area contributed by atoms with Crippen LogP contribution in [0.1, 0.15) is 11.4 Å². The lowest BCUT2D eigenvalue weighted by molar-refractivity contribution is -0.134. The number of amides is 1. The smallest absolute Gasteiger partial charge is 0.240 e. The van der Waals surface area contributed by atoms with E-state index >= 15 is 0 Å². The molecule has 1 aromatic heterocycles. The monoisotopic (exact) mass is 507 g/mol. The summed E-state index contributed by atoms with van der Waals surface area (Å²) in [6, 6.07) is 19.4. The van der Waals surface area contributed by atoms with Gasteiger partial charge in [0.05, 0.1) is 17.6 Å². The fourth-order valence-electron chi connectivity index (χ4n) is 4.36. The van der Waals surface area contributed by atoms with Crippen LogP contribution in [0.15, 0.2) is 72.8 Å². The molecule has 0 saturated heterocycles. The Hall–Kier alpha value is -3.75. The van der Waals surface area contributed by atoms with E-state index in [0.29, 0.717) is 48.1 Å². The molecular formula is C27H24ClF2N5O. The van der Waals surface area contributed by atoms with Crippen LogP contribution in [0.2, 0.25) is 5.02 Å². The van der Waals surface area contributed by atoms with Crippen molar-refractivity contribution in [1.29, 1.82) is 0 Å². The number of benzene rings is 3. The number of carbonyl (C=O) groups excluding carboxylic acids is 1. The van der Waals surface area contributed by atoms with Crippen molar-refractivity contribution < 1.29 is 13.6 Å². The van der Waals surface area contributed by atoms with Gasteiger partial charge >= 0.3 is 0 Å². The highest BCUT2D eigenvalue weighted by atomic mass is 35.5. The first-order valence-corrected chi connectivity index (χ1v) is 11.9. The van der Waals surface area contributed by atoms with E-state index in [1.807, 2.05) is 34.9 Å². The van der Waals surface area contributed by atoms with Crippen LogP contribution in [0.3, 0.4) is 0 Å². The Morgan fingerprint density at radius 2 is 1.81 bits per heavy atom. The van der Waals surface area contributed by atoms with Crippen LogP contribution < -0.4 is 11.1 Å². The molecule has 0 radical (unpaired) electrons. The molecule has 6 nitrogen and oxygen atoms in total. The molecule has 1 aliphatic rings. The maximum atomic E-state index is 14.1. The molecule has 0 bridgehead atoms. The fraction of sp³-hybridized carbons (Fsp3) is 0.185. The van der Waals surface area contributed by atoms with E-state index in [1.165, 1.54) is 24.3 Å². The molecular weight excluding hydrogens is 484 g/mol. The van der Waals surface area contributed by atoms with Gasteiger partial charge in [-0.3, -0.25) is 4.79 Å². The lowest BCUT2D eigenvalue weighted by Crippen LogP contribution is -2.47. The van der Waals surface area contributed by atoms with Crippen molar-refractivity contribution in [3.63, 3.8) is 0 Å². The lowest BCUT2D eigenvalue weighted by atomic mass is 10.1. The van der Waals surface area contributed by atoms with E-state index in [4.69, 9.17) is 22.3 Å². The van der Waals surface area contributed by atoms with Crippen LogP contribution in [0.25, 0.3) is 11.3 Å². The summed E-state index contributed by atoms with van der Waals surface area (Å²) >= 11 is 5.84. The Morgan fingerprint density at radius 3 is 2.53 bits per heavy atom. The third kappa shape index (κ3) is 4.96. The molecule has 0 spiro atoms.